The second-order valence-electron chi connectivity index (χ2n) is 5.80. The van der Waals surface area contributed by atoms with Crippen LogP contribution in [0.15, 0.2) is 47.4 Å². The van der Waals surface area contributed by atoms with E-state index in [1.165, 1.54) is 19.4 Å². The number of nitrogens with zero attached hydrogens (tertiary/aromatic N) is 1. The van der Waals surface area contributed by atoms with Gasteiger partial charge in [0.1, 0.15) is 11.7 Å². The Hall–Kier alpha value is -3.09. The van der Waals surface area contributed by atoms with E-state index in [1.807, 2.05) is 35.2 Å². The Balaban J connectivity index is 1.80. The zero-order valence-corrected chi connectivity index (χ0v) is 13.8. The number of aromatic nitrogens is 1. The van der Waals surface area contributed by atoms with Crippen molar-refractivity contribution in [3.8, 4) is 0 Å². The minimum atomic E-state index is -0.585. The van der Waals surface area contributed by atoms with E-state index in [2.05, 4.69) is 15.0 Å². The van der Waals surface area contributed by atoms with Crippen LogP contribution in [0.3, 0.4) is 0 Å². The summed E-state index contributed by atoms with van der Waals surface area (Å²) in [6.45, 7) is 0.778. The molecule has 0 spiro atoms. The molecule has 2 aromatic rings. The lowest BCUT2D eigenvalue weighted by Crippen LogP contribution is -2.40. The van der Waals surface area contributed by atoms with E-state index in [9.17, 15) is 14.4 Å². The van der Waals surface area contributed by atoms with Crippen LogP contribution < -0.4 is 15.8 Å². The minimum absolute atomic E-state index is 0.0350. The minimum Gasteiger partial charge on any atom is -0.465 e. The van der Waals surface area contributed by atoms with Crippen LogP contribution in [0, 0.1) is 0 Å². The predicted octanol–water partition coefficient (Wildman–Crippen LogP) is 1.77. The topological polar surface area (TPSA) is 91.5 Å². The van der Waals surface area contributed by atoms with Gasteiger partial charge in [-0.1, -0.05) is 18.2 Å². The molecule has 2 heterocycles. The number of carbonyl (C=O) groups excluding carboxylic acids is 2. The van der Waals surface area contributed by atoms with E-state index in [1.54, 1.807) is 0 Å². The number of benzene rings is 1. The first-order chi connectivity index (χ1) is 12.1. The van der Waals surface area contributed by atoms with Gasteiger partial charge in [0.25, 0.3) is 5.56 Å². The molecule has 1 aromatic heterocycles. The van der Waals surface area contributed by atoms with Crippen LogP contribution in [0.5, 0.6) is 0 Å². The number of H-pyrrole nitrogens is 1. The van der Waals surface area contributed by atoms with Crippen molar-refractivity contribution in [1.29, 1.82) is 0 Å². The number of hydrogen-bond acceptors (Lipinski definition) is 5. The molecule has 1 aliphatic heterocycles. The summed E-state index contributed by atoms with van der Waals surface area (Å²) in [7, 11) is 1.25. The van der Waals surface area contributed by atoms with Crippen molar-refractivity contribution in [3.05, 3.63) is 58.5 Å². The van der Waals surface area contributed by atoms with Crippen molar-refractivity contribution in [3.63, 3.8) is 0 Å². The van der Waals surface area contributed by atoms with Crippen molar-refractivity contribution in [2.24, 2.45) is 0 Å². The van der Waals surface area contributed by atoms with Crippen LogP contribution in [0.1, 0.15) is 23.2 Å². The molecule has 0 saturated carbocycles. The fourth-order valence-corrected chi connectivity index (χ4v) is 3.00. The second-order valence-corrected chi connectivity index (χ2v) is 5.80. The Morgan fingerprint density at radius 1 is 1.28 bits per heavy atom. The summed E-state index contributed by atoms with van der Waals surface area (Å²) in [6, 6.07) is 10.6. The van der Waals surface area contributed by atoms with Gasteiger partial charge in [0.2, 0.25) is 5.91 Å². The number of esters is 1. The van der Waals surface area contributed by atoms with E-state index in [-0.39, 0.29) is 23.2 Å². The van der Waals surface area contributed by atoms with E-state index in [0.29, 0.717) is 6.42 Å². The number of nitrogens with one attached hydrogen (secondary N) is 2. The smallest absolute Gasteiger partial charge is 0.339 e. The van der Waals surface area contributed by atoms with E-state index in [0.717, 1.165) is 18.7 Å². The average Bonchev–Trinajstić information content (AvgIpc) is 3.13. The van der Waals surface area contributed by atoms with Gasteiger partial charge in [0.15, 0.2) is 0 Å². The third kappa shape index (κ3) is 3.55. The molecular formula is C18H19N3O4. The Labute approximate surface area is 144 Å². The summed E-state index contributed by atoms with van der Waals surface area (Å²) < 4.78 is 4.63. The van der Waals surface area contributed by atoms with Crippen LogP contribution in [0.4, 0.5) is 11.4 Å². The van der Waals surface area contributed by atoms with Crippen LogP contribution in [-0.4, -0.2) is 36.6 Å². The standard InChI is InChI=1S/C18H19N3O4/c1-25-18(24)12-10-14(16(22)19-11-12)20-17(23)15-8-5-9-21(15)13-6-3-2-4-7-13/h2-4,6-7,10-11,15H,5,8-9H2,1H3,(H,19,22)(H,20,23)/t15-/m0/s1. The Morgan fingerprint density at radius 2 is 2.04 bits per heavy atom. The van der Waals surface area contributed by atoms with Gasteiger partial charge in [0.05, 0.1) is 12.7 Å². The molecule has 0 bridgehead atoms. The van der Waals surface area contributed by atoms with Crippen molar-refractivity contribution in [2.75, 3.05) is 23.9 Å². The number of methoxy groups -OCH3 is 1. The molecule has 3 rings (SSSR count). The summed E-state index contributed by atoms with van der Waals surface area (Å²) in [6.07, 6.45) is 2.86. The fourth-order valence-electron chi connectivity index (χ4n) is 3.00. The number of anilines is 2. The van der Waals surface area contributed by atoms with Gasteiger partial charge in [-0.25, -0.2) is 4.79 Å². The molecule has 1 atom stereocenters. The first-order valence-electron chi connectivity index (χ1n) is 8.04. The Kier molecular flexibility index (Phi) is 4.83. The maximum Gasteiger partial charge on any atom is 0.339 e. The lowest BCUT2D eigenvalue weighted by Gasteiger charge is -2.25. The summed E-state index contributed by atoms with van der Waals surface area (Å²) in [5.41, 5.74) is 0.708. The van der Waals surface area contributed by atoms with E-state index >= 15 is 0 Å². The highest BCUT2D eigenvalue weighted by Crippen LogP contribution is 2.25. The highest BCUT2D eigenvalue weighted by molar-refractivity contribution is 5.98. The molecule has 25 heavy (non-hydrogen) atoms. The quantitative estimate of drug-likeness (QED) is 0.827. The maximum atomic E-state index is 12.7. The van der Waals surface area contributed by atoms with Gasteiger partial charge in [-0.15, -0.1) is 0 Å². The lowest BCUT2D eigenvalue weighted by atomic mass is 10.2. The first kappa shape index (κ1) is 16.8. The third-order valence-electron chi connectivity index (χ3n) is 4.23. The van der Waals surface area contributed by atoms with Crippen LogP contribution in [0.25, 0.3) is 0 Å². The van der Waals surface area contributed by atoms with Gasteiger partial charge in [-0.3, -0.25) is 9.59 Å². The highest BCUT2D eigenvalue weighted by Gasteiger charge is 2.31. The SMILES string of the molecule is COC(=O)c1c[nH]c(=O)c(NC(=O)[C@@H]2CCCN2c2ccccc2)c1. The fraction of sp³-hybridized carbons (Fsp3) is 0.278. The number of rotatable bonds is 4. The molecule has 2 N–H and O–H groups in total. The van der Waals surface area contributed by atoms with Gasteiger partial charge >= 0.3 is 5.97 Å². The molecule has 1 fully saturated rings. The van der Waals surface area contributed by atoms with Crippen molar-refractivity contribution < 1.29 is 14.3 Å². The van der Waals surface area contributed by atoms with Crippen LogP contribution in [-0.2, 0) is 9.53 Å². The number of carbonyl (C=O) groups is 2. The summed E-state index contributed by atoms with van der Waals surface area (Å²) >= 11 is 0. The first-order valence-corrected chi connectivity index (χ1v) is 8.04. The molecule has 0 aliphatic carbocycles. The van der Waals surface area contributed by atoms with E-state index in [4.69, 9.17) is 0 Å². The number of hydrogen-bond donors (Lipinski definition) is 2. The van der Waals surface area contributed by atoms with E-state index < -0.39 is 11.5 Å². The van der Waals surface area contributed by atoms with Gasteiger partial charge in [-0.2, -0.15) is 0 Å². The summed E-state index contributed by atoms with van der Waals surface area (Å²) in [4.78, 5) is 40.7. The molecule has 7 nitrogen and oxygen atoms in total. The molecule has 0 radical (unpaired) electrons. The number of pyridine rings is 1. The number of para-hydroxylation sites is 1. The molecule has 1 saturated heterocycles. The Bertz CT molecular complexity index is 832. The largest absolute Gasteiger partial charge is 0.465 e. The van der Waals surface area contributed by atoms with Gasteiger partial charge < -0.3 is 19.9 Å². The molecule has 130 valence electrons. The lowest BCUT2D eigenvalue weighted by molar-refractivity contribution is -0.117. The van der Waals surface area contributed by atoms with Crippen molar-refractivity contribution >= 4 is 23.3 Å². The van der Waals surface area contributed by atoms with Gasteiger partial charge in [-0.05, 0) is 31.0 Å². The maximum absolute atomic E-state index is 12.7. The van der Waals surface area contributed by atoms with Crippen molar-refractivity contribution in [1.82, 2.24) is 4.98 Å². The highest BCUT2D eigenvalue weighted by atomic mass is 16.5. The summed E-state index contributed by atoms with van der Waals surface area (Å²) in [5.74, 6) is -0.854. The zero-order chi connectivity index (χ0) is 17.8. The monoisotopic (exact) mass is 341 g/mol. The third-order valence-corrected chi connectivity index (χ3v) is 4.23. The van der Waals surface area contributed by atoms with Crippen LogP contribution >= 0.6 is 0 Å². The molecule has 0 unspecified atom stereocenters. The molecular weight excluding hydrogens is 322 g/mol. The zero-order valence-electron chi connectivity index (χ0n) is 13.8. The predicted molar refractivity (Wildman–Crippen MR) is 93.8 cm³/mol. The average molecular weight is 341 g/mol. The molecule has 1 aromatic carbocycles. The number of aromatic amines is 1. The second kappa shape index (κ2) is 7.21. The molecule has 1 amide bonds. The van der Waals surface area contributed by atoms with Crippen LogP contribution in [0.2, 0.25) is 0 Å². The summed E-state index contributed by atoms with van der Waals surface area (Å²) in [5, 5.41) is 2.64. The normalized spacial score (nSPS) is 16.5. The van der Waals surface area contributed by atoms with Gasteiger partial charge in [0, 0.05) is 18.4 Å². The number of amides is 1. The van der Waals surface area contributed by atoms with Crippen molar-refractivity contribution in [2.45, 2.75) is 18.9 Å². The molecule has 7 heteroatoms. The Morgan fingerprint density at radius 3 is 2.76 bits per heavy atom. The number of ether oxygens (including phenoxy) is 1. The molecule has 1 aliphatic rings.